The van der Waals surface area contributed by atoms with E-state index in [0.717, 1.165) is 0 Å². The number of nitrogens with zero attached hydrogens (tertiary/aromatic N) is 3. The van der Waals surface area contributed by atoms with Gasteiger partial charge in [-0.15, -0.1) is 0 Å². The van der Waals surface area contributed by atoms with Gasteiger partial charge in [0.1, 0.15) is 5.75 Å². The van der Waals surface area contributed by atoms with Crippen LogP contribution in [0.15, 0.2) is 24.3 Å². The van der Waals surface area contributed by atoms with Gasteiger partial charge < -0.3 is 10.1 Å². The summed E-state index contributed by atoms with van der Waals surface area (Å²) in [7, 11) is 1.71. The van der Waals surface area contributed by atoms with E-state index in [1.807, 2.05) is 0 Å². The van der Waals surface area contributed by atoms with Crippen LogP contribution < -0.4 is 10.1 Å². The van der Waals surface area contributed by atoms with Crippen molar-refractivity contribution in [2.75, 3.05) is 11.9 Å². The van der Waals surface area contributed by atoms with Crippen LogP contribution in [0.25, 0.3) is 11.0 Å². The molecule has 28 heavy (non-hydrogen) atoms. The smallest absolute Gasteiger partial charge is 0.422 e. The normalized spacial score (nSPS) is 11.7. The van der Waals surface area contributed by atoms with E-state index < -0.39 is 18.7 Å². The third-order valence-electron chi connectivity index (χ3n) is 3.92. The van der Waals surface area contributed by atoms with Gasteiger partial charge in [-0.3, -0.25) is 9.48 Å². The summed E-state index contributed by atoms with van der Waals surface area (Å²) in [6.07, 6.45) is -4.52. The number of hydrogen-bond acceptors (Lipinski definition) is 4. The number of rotatable bonds is 4. The van der Waals surface area contributed by atoms with Crippen molar-refractivity contribution < 1.29 is 22.7 Å². The summed E-state index contributed by atoms with van der Waals surface area (Å²) in [6, 6.07) is 5.64. The van der Waals surface area contributed by atoms with Crippen molar-refractivity contribution in [2.24, 2.45) is 7.05 Å². The molecule has 0 radical (unpaired) electrons. The SMILES string of the molecule is Cc1cc(C(=O)Nc2ccc(Cl)cc2OCC(F)(F)F)c2c(C)nn(C)c2n1. The zero-order valence-electron chi connectivity index (χ0n) is 15.2. The Bertz CT molecular complexity index is 1060. The number of carbonyl (C=O) groups is 1. The Morgan fingerprint density at radius 2 is 2.00 bits per heavy atom. The van der Waals surface area contributed by atoms with Gasteiger partial charge >= 0.3 is 6.18 Å². The minimum Gasteiger partial charge on any atom is -0.482 e. The van der Waals surface area contributed by atoms with Crippen molar-refractivity contribution in [3.05, 3.63) is 46.2 Å². The lowest BCUT2D eigenvalue weighted by Gasteiger charge is -2.15. The van der Waals surface area contributed by atoms with Gasteiger partial charge in [0.25, 0.3) is 5.91 Å². The minimum absolute atomic E-state index is 0.0720. The average Bonchev–Trinajstić information content (AvgIpc) is 2.87. The highest BCUT2D eigenvalue weighted by Crippen LogP contribution is 2.31. The Kier molecular flexibility index (Phi) is 5.20. The van der Waals surface area contributed by atoms with E-state index in [9.17, 15) is 18.0 Å². The van der Waals surface area contributed by atoms with E-state index in [1.54, 1.807) is 31.6 Å². The van der Waals surface area contributed by atoms with Crippen LogP contribution in [0.3, 0.4) is 0 Å². The number of halogens is 4. The second kappa shape index (κ2) is 7.31. The molecule has 3 rings (SSSR count). The molecule has 0 bridgehead atoms. The Labute approximate surface area is 163 Å². The summed E-state index contributed by atoms with van der Waals surface area (Å²) < 4.78 is 43.9. The molecule has 0 aliphatic rings. The highest BCUT2D eigenvalue weighted by Gasteiger charge is 2.29. The third-order valence-corrected chi connectivity index (χ3v) is 4.16. The molecule has 1 N–H and O–H groups in total. The maximum Gasteiger partial charge on any atom is 0.422 e. The molecule has 0 saturated carbocycles. The second-order valence-electron chi connectivity index (χ2n) is 6.22. The molecule has 2 heterocycles. The number of anilines is 1. The molecule has 2 aromatic heterocycles. The first-order valence-electron chi connectivity index (χ1n) is 8.16. The Morgan fingerprint density at radius 1 is 1.29 bits per heavy atom. The van der Waals surface area contributed by atoms with E-state index in [4.69, 9.17) is 16.3 Å². The first-order valence-corrected chi connectivity index (χ1v) is 8.54. The lowest BCUT2D eigenvalue weighted by Crippen LogP contribution is -2.20. The number of hydrogen-bond donors (Lipinski definition) is 1. The molecular formula is C18H16ClF3N4O2. The second-order valence-corrected chi connectivity index (χ2v) is 6.65. The lowest BCUT2D eigenvalue weighted by atomic mass is 10.1. The van der Waals surface area contributed by atoms with Gasteiger partial charge in [0.2, 0.25) is 0 Å². The lowest BCUT2D eigenvalue weighted by molar-refractivity contribution is -0.153. The molecule has 148 valence electrons. The largest absolute Gasteiger partial charge is 0.482 e. The maximum atomic E-state index is 12.9. The van der Waals surface area contributed by atoms with Crippen molar-refractivity contribution in [3.63, 3.8) is 0 Å². The number of carbonyl (C=O) groups excluding carboxylic acids is 1. The zero-order chi connectivity index (χ0) is 20.6. The van der Waals surface area contributed by atoms with Crippen LogP contribution in [0, 0.1) is 13.8 Å². The Morgan fingerprint density at radius 3 is 2.68 bits per heavy atom. The molecule has 0 saturated heterocycles. The summed E-state index contributed by atoms with van der Waals surface area (Å²) in [5.41, 5.74) is 2.13. The van der Waals surface area contributed by atoms with Crippen LogP contribution >= 0.6 is 11.6 Å². The molecule has 3 aromatic rings. The van der Waals surface area contributed by atoms with Crippen molar-refractivity contribution in [3.8, 4) is 5.75 Å². The topological polar surface area (TPSA) is 69.0 Å². The predicted octanol–water partition coefficient (Wildman–Crippen LogP) is 4.43. The number of ether oxygens (including phenoxy) is 1. The van der Waals surface area contributed by atoms with E-state index >= 15 is 0 Å². The molecule has 0 aliphatic carbocycles. The van der Waals surface area contributed by atoms with Crippen LogP contribution in [0.4, 0.5) is 18.9 Å². The number of aromatic nitrogens is 3. The quantitative estimate of drug-likeness (QED) is 0.688. The highest BCUT2D eigenvalue weighted by molar-refractivity contribution is 6.30. The standard InChI is InChI=1S/C18H16ClF3N4O2/c1-9-6-12(15-10(2)25-26(3)16(15)23-9)17(27)24-13-5-4-11(19)7-14(13)28-8-18(20,21)22/h4-7H,8H2,1-3H3,(H,24,27). The molecule has 0 atom stereocenters. The highest BCUT2D eigenvalue weighted by atomic mass is 35.5. The van der Waals surface area contributed by atoms with Crippen molar-refractivity contribution in [1.29, 1.82) is 0 Å². The van der Waals surface area contributed by atoms with Crippen LogP contribution in [-0.4, -0.2) is 33.5 Å². The number of alkyl halides is 3. The summed E-state index contributed by atoms with van der Waals surface area (Å²) in [5, 5.41) is 7.61. The molecule has 6 nitrogen and oxygen atoms in total. The van der Waals surface area contributed by atoms with Gasteiger partial charge in [-0.2, -0.15) is 18.3 Å². The number of benzene rings is 1. The van der Waals surface area contributed by atoms with Gasteiger partial charge in [-0.05, 0) is 32.0 Å². The molecule has 0 aliphatic heterocycles. The number of pyridine rings is 1. The van der Waals surface area contributed by atoms with Crippen molar-refractivity contribution in [2.45, 2.75) is 20.0 Å². The van der Waals surface area contributed by atoms with Gasteiger partial charge in [0.05, 0.1) is 22.3 Å². The fraction of sp³-hybridized carbons (Fsp3) is 0.278. The van der Waals surface area contributed by atoms with E-state index in [0.29, 0.717) is 28.0 Å². The summed E-state index contributed by atoms with van der Waals surface area (Å²) in [4.78, 5) is 17.3. The monoisotopic (exact) mass is 412 g/mol. The molecule has 1 amide bonds. The fourth-order valence-corrected chi connectivity index (χ4v) is 2.98. The van der Waals surface area contributed by atoms with Crippen LogP contribution in [0.5, 0.6) is 5.75 Å². The zero-order valence-corrected chi connectivity index (χ0v) is 15.9. The molecule has 0 spiro atoms. The molecule has 0 unspecified atom stereocenters. The fourth-order valence-electron chi connectivity index (χ4n) is 2.82. The van der Waals surface area contributed by atoms with E-state index in [1.165, 1.54) is 18.2 Å². The number of nitrogens with one attached hydrogen (secondary N) is 1. The first-order chi connectivity index (χ1) is 13.0. The molecule has 10 heteroatoms. The molecule has 1 aromatic carbocycles. The van der Waals surface area contributed by atoms with Crippen LogP contribution in [0.1, 0.15) is 21.7 Å². The molecule has 0 fully saturated rings. The molecular weight excluding hydrogens is 397 g/mol. The Hall–Kier alpha value is -2.81. The van der Waals surface area contributed by atoms with Crippen LogP contribution in [-0.2, 0) is 7.05 Å². The average molecular weight is 413 g/mol. The summed E-state index contributed by atoms with van der Waals surface area (Å²) >= 11 is 5.85. The van der Waals surface area contributed by atoms with Gasteiger partial charge in [0.15, 0.2) is 12.3 Å². The van der Waals surface area contributed by atoms with Crippen molar-refractivity contribution in [1.82, 2.24) is 14.8 Å². The van der Waals surface area contributed by atoms with Gasteiger partial charge in [-0.1, -0.05) is 11.6 Å². The minimum atomic E-state index is -4.52. The number of aryl methyl sites for hydroxylation is 3. The first kappa shape index (κ1) is 19.9. The third kappa shape index (κ3) is 4.19. The van der Waals surface area contributed by atoms with Crippen molar-refractivity contribution >= 4 is 34.2 Å². The Balaban J connectivity index is 1.97. The van der Waals surface area contributed by atoms with E-state index in [2.05, 4.69) is 15.4 Å². The summed E-state index contributed by atoms with van der Waals surface area (Å²) in [5.74, 6) is -0.700. The van der Waals surface area contributed by atoms with Crippen LogP contribution in [0.2, 0.25) is 5.02 Å². The van der Waals surface area contributed by atoms with Gasteiger partial charge in [0, 0.05) is 23.8 Å². The maximum absolute atomic E-state index is 12.9. The number of fused-ring (bicyclic) bond motifs is 1. The van der Waals surface area contributed by atoms with E-state index in [-0.39, 0.29) is 16.5 Å². The number of amides is 1. The summed E-state index contributed by atoms with van der Waals surface area (Å²) in [6.45, 7) is 1.98. The van der Waals surface area contributed by atoms with Gasteiger partial charge in [-0.25, -0.2) is 4.98 Å². The predicted molar refractivity (Wildman–Crippen MR) is 98.9 cm³/mol.